The van der Waals surface area contributed by atoms with E-state index in [9.17, 15) is 0 Å². The van der Waals surface area contributed by atoms with Crippen molar-refractivity contribution in [3.63, 3.8) is 0 Å². The average molecular weight is 267 g/mol. The third-order valence-electron chi connectivity index (χ3n) is 4.09. The van der Waals surface area contributed by atoms with E-state index in [-0.39, 0.29) is 5.54 Å². The van der Waals surface area contributed by atoms with Gasteiger partial charge in [-0.1, -0.05) is 60.7 Å². The zero-order chi connectivity index (χ0) is 13.8. The number of ether oxygens (including phenoxy) is 1. The lowest BCUT2D eigenvalue weighted by Gasteiger charge is -2.12. The molecule has 0 spiro atoms. The van der Waals surface area contributed by atoms with Crippen LogP contribution in [0.25, 0.3) is 0 Å². The van der Waals surface area contributed by atoms with Crippen LogP contribution in [-0.4, -0.2) is 12.1 Å². The molecular weight excluding hydrogens is 246 g/mol. The Morgan fingerprint density at radius 1 is 0.950 bits per heavy atom. The molecule has 20 heavy (non-hydrogen) atoms. The summed E-state index contributed by atoms with van der Waals surface area (Å²) in [4.78, 5) is 0. The fourth-order valence-electron chi connectivity index (χ4n) is 2.68. The Bertz CT molecular complexity index is 540. The van der Waals surface area contributed by atoms with E-state index in [2.05, 4.69) is 42.5 Å². The van der Waals surface area contributed by atoms with Crippen molar-refractivity contribution in [2.45, 2.75) is 25.0 Å². The maximum absolute atomic E-state index is 6.38. The van der Waals surface area contributed by atoms with Crippen molar-refractivity contribution in [2.24, 2.45) is 11.7 Å². The van der Waals surface area contributed by atoms with Crippen LogP contribution in [0.3, 0.4) is 0 Å². The molecule has 0 aromatic heterocycles. The van der Waals surface area contributed by atoms with Gasteiger partial charge < -0.3 is 10.5 Å². The molecule has 2 aromatic carbocycles. The molecule has 1 aliphatic carbocycles. The van der Waals surface area contributed by atoms with Crippen LogP contribution in [0.1, 0.15) is 17.5 Å². The fraction of sp³-hybridized carbons (Fsp3) is 0.333. The van der Waals surface area contributed by atoms with E-state index in [1.807, 2.05) is 18.2 Å². The van der Waals surface area contributed by atoms with Crippen LogP contribution >= 0.6 is 0 Å². The molecule has 0 aliphatic heterocycles. The first-order chi connectivity index (χ1) is 9.76. The van der Waals surface area contributed by atoms with Gasteiger partial charge in [0.25, 0.3) is 0 Å². The molecule has 0 unspecified atom stereocenters. The van der Waals surface area contributed by atoms with Gasteiger partial charge in [0.2, 0.25) is 0 Å². The summed E-state index contributed by atoms with van der Waals surface area (Å²) in [6.07, 6.45) is 2.13. The Hall–Kier alpha value is -1.64. The number of rotatable bonds is 6. The van der Waals surface area contributed by atoms with E-state index in [1.54, 1.807) is 0 Å². The van der Waals surface area contributed by atoms with E-state index < -0.39 is 0 Å². The molecule has 2 N–H and O–H groups in total. The molecule has 3 rings (SSSR count). The van der Waals surface area contributed by atoms with Crippen LogP contribution in [0.4, 0.5) is 0 Å². The van der Waals surface area contributed by atoms with Gasteiger partial charge in [-0.05, 0) is 29.9 Å². The number of hydrogen-bond acceptors (Lipinski definition) is 2. The lowest BCUT2D eigenvalue weighted by atomic mass is 10.1. The van der Waals surface area contributed by atoms with E-state index in [0.29, 0.717) is 19.1 Å². The second-order valence-electron chi connectivity index (χ2n) is 5.80. The molecule has 2 aromatic rings. The lowest BCUT2D eigenvalue weighted by molar-refractivity contribution is 0.0980. The molecule has 2 atom stereocenters. The van der Waals surface area contributed by atoms with Crippen LogP contribution < -0.4 is 5.73 Å². The highest BCUT2D eigenvalue weighted by Gasteiger charge is 2.50. The van der Waals surface area contributed by atoms with Crippen LogP contribution in [0.15, 0.2) is 60.7 Å². The summed E-state index contributed by atoms with van der Waals surface area (Å²) < 4.78 is 5.79. The number of benzene rings is 2. The quantitative estimate of drug-likeness (QED) is 0.872. The van der Waals surface area contributed by atoms with Crippen molar-refractivity contribution < 1.29 is 4.74 Å². The molecule has 2 nitrogen and oxygen atoms in total. The first-order valence-corrected chi connectivity index (χ1v) is 7.21. The molecule has 1 aliphatic rings. The normalized spacial score (nSPS) is 24.6. The van der Waals surface area contributed by atoms with Gasteiger partial charge in [-0.3, -0.25) is 0 Å². The molecule has 1 fully saturated rings. The van der Waals surface area contributed by atoms with E-state index in [0.717, 1.165) is 12.8 Å². The van der Waals surface area contributed by atoms with Crippen LogP contribution in [0.5, 0.6) is 0 Å². The van der Waals surface area contributed by atoms with Gasteiger partial charge in [0.15, 0.2) is 0 Å². The second-order valence-corrected chi connectivity index (χ2v) is 5.80. The summed E-state index contributed by atoms with van der Waals surface area (Å²) in [5, 5.41) is 0. The fourth-order valence-corrected chi connectivity index (χ4v) is 2.68. The highest BCUT2D eigenvalue weighted by Crippen LogP contribution is 2.43. The Labute approximate surface area is 120 Å². The summed E-state index contributed by atoms with van der Waals surface area (Å²) in [6.45, 7) is 1.30. The van der Waals surface area contributed by atoms with Crippen molar-refractivity contribution in [3.05, 3.63) is 71.8 Å². The average Bonchev–Trinajstić information content (AvgIpc) is 3.11. The van der Waals surface area contributed by atoms with Gasteiger partial charge in [0, 0.05) is 5.54 Å². The van der Waals surface area contributed by atoms with Crippen molar-refractivity contribution in [3.8, 4) is 0 Å². The standard InChI is InChI=1S/C18H21NO/c19-18(14-20-13-16-9-5-2-6-10-16)12-17(18)11-15-7-3-1-4-8-15/h1-10,17H,11-14,19H2/t17-,18+/m0/s1. The molecule has 2 heteroatoms. The van der Waals surface area contributed by atoms with Crippen molar-refractivity contribution in [2.75, 3.05) is 6.61 Å². The Morgan fingerprint density at radius 2 is 1.55 bits per heavy atom. The lowest BCUT2D eigenvalue weighted by Crippen LogP contribution is -2.31. The first-order valence-electron chi connectivity index (χ1n) is 7.21. The Morgan fingerprint density at radius 3 is 2.20 bits per heavy atom. The van der Waals surface area contributed by atoms with Crippen LogP contribution in [0, 0.1) is 5.92 Å². The monoisotopic (exact) mass is 267 g/mol. The topological polar surface area (TPSA) is 35.2 Å². The molecule has 1 saturated carbocycles. The maximum Gasteiger partial charge on any atom is 0.0717 e. The predicted molar refractivity (Wildman–Crippen MR) is 81.3 cm³/mol. The minimum atomic E-state index is -0.120. The minimum Gasteiger partial charge on any atom is -0.375 e. The van der Waals surface area contributed by atoms with Crippen LogP contribution in [0.2, 0.25) is 0 Å². The van der Waals surface area contributed by atoms with Gasteiger partial charge in [-0.25, -0.2) is 0 Å². The van der Waals surface area contributed by atoms with Gasteiger partial charge in [0.1, 0.15) is 0 Å². The molecule has 0 bridgehead atoms. The van der Waals surface area contributed by atoms with Gasteiger partial charge >= 0.3 is 0 Å². The van der Waals surface area contributed by atoms with Crippen molar-refractivity contribution in [1.82, 2.24) is 0 Å². The third-order valence-corrected chi connectivity index (χ3v) is 4.09. The van der Waals surface area contributed by atoms with E-state index in [4.69, 9.17) is 10.5 Å². The summed E-state index contributed by atoms with van der Waals surface area (Å²) in [5.74, 6) is 0.556. The summed E-state index contributed by atoms with van der Waals surface area (Å²) >= 11 is 0. The maximum atomic E-state index is 6.38. The smallest absolute Gasteiger partial charge is 0.0717 e. The number of hydrogen-bond donors (Lipinski definition) is 1. The predicted octanol–water partition coefficient (Wildman–Crippen LogP) is 3.16. The third kappa shape index (κ3) is 3.27. The van der Waals surface area contributed by atoms with Crippen LogP contribution in [-0.2, 0) is 17.8 Å². The van der Waals surface area contributed by atoms with Gasteiger partial charge in [-0.15, -0.1) is 0 Å². The zero-order valence-electron chi connectivity index (χ0n) is 11.7. The van der Waals surface area contributed by atoms with Gasteiger partial charge in [0.05, 0.1) is 13.2 Å². The molecule has 0 heterocycles. The highest BCUT2D eigenvalue weighted by atomic mass is 16.5. The highest BCUT2D eigenvalue weighted by molar-refractivity contribution is 5.20. The molecule has 0 radical (unpaired) electrons. The van der Waals surface area contributed by atoms with Gasteiger partial charge in [-0.2, -0.15) is 0 Å². The molecule has 104 valence electrons. The second kappa shape index (κ2) is 5.78. The zero-order valence-corrected chi connectivity index (χ0v) is 11.7. The van der Waals surface area contributed by atoms with E-state index in [1.165, 1.54) is 11.1 Å². The SMILES string of the molecule is N[C@@]1(COCc2ccccc2)C[C@@H]1Cc1ccccc1. The minimum absolute atomic E-state index is 0.120. The first kappa shape index (κ1) is 13.3. The Balaban J connectivity index is 1.45. The largest absolute Gasteiger partial charge is 0.375 e. The molecular formula is C18H21NO. The summed E-state index contributed by atoms with van der Waals surface area (Å²) in [6, 6.07) is 20.8. The van der Waals surface area contributed by atoms with Crippen molar-refractivity contribution >= 4 is 0 Å². The summed E-state index contributed by atoms with van der Waals surface area (Å²) in [7, 11) is 0. The number of nitrogens with two attached hydrogens (primary N) is 1. The Kier molecular flexibility index (Phi) is 3.86. The van der Waals surface area contributed by atoms with Crippen molar-refractivity contribution in [1.29, 1.82) is 0 Å². The van der Waals surface area contributed by atoms with E-state index >= 15 is 0 Å². The molecule has 0 saturated heterocycles. The molecule has 0 amide bonds. The summed E-state index contributed by atoms with van der Waals surface area (Å²) in [5.41, 5.74) is 8.83.